The molecule has 0 radical (unpaired) electrons. The molecule has 4 heteroatoms. The highest BCUT2D eigenvalue weighted by molar-refractivity contribution is 6.30. The van der Waals surface area contributed by atoms with E-state index in [2.05, 4.69) is 0 Å². The maximum atomic E-state index is 11.4. The first-order chi connectivity index (χ1) is 7.15. The Morgan fingerprint density at radius 2 is 2.27 bits per heavy atom. The van der Waals surface area contributed by atoms with Gasteiger partial charge in [-0.25, -0.2) is 0 Å². The Hall–Kier alpha value is -1.06. The number of carbonyl (C=O) groups excluding carboxylic acids is 1. The van der Waals surface area contributed by atoms with Crippen LogP contribution in [0.3, 0.4) is 0 Å². The van der Waals surface area contributed by atoms with Gasteiger partial charge in [-0.2, -0.15) is 0 Å². The van der Waals surface area contributed by atoms with Gasteiger partial charge in [0.25, 0.3) is 0 Å². The first kappa shape index (κ1) is 12.0. The van der Waals surface area contributed by atoms with Gasteiger partial charge in [0.15, 0.2) is 0 Å². The van der Waals surface area contributed by atoms with Gasteiger partial charge in [0.2, 0.25) is 5.91 Å². The number of rotatable bonds is 4. The molecule has 0 atom stereocenters. The lowest BCUT2D eigenvalue weighted by Gasteiger charge is -2.20. The number of hydrogen-bond donors (Lipinski definition) is 1. The Morgan fingerprint density at radius 1 is 1.53 bits per heavy atom. The largest absolute Gasteiger partial charge is 0.330 e. The molecule has 0 unspecified atom stereocenters. The Morgan fingerprint density at radius 3 is 2.80 bits per heavy atom. The minimum Gasteiger partial charge on any atom is -0.330 e. The van der Waals surface area contributed by atoms with Crippen LogP contribution in [-0.2, 0) is 4.79 Å². The van der Waals surface area contributed by atoms with Crippen LogP contribution in [0.25, 0.3) is 0 Å². The number of amides is 1. The van der Waals surface area contributed by atoms with Crippen molar-refractivity contribution in [1.29, 1.82) is 0 Å². The fourth-order valence-electron chi connectivity index (χ4n) is 1.36. The summed E-state index contributed by atoms with van der Waals surface area (Å²) in [5.41, 5.74) is 6.24. The third kappa shape index (κ3) is 3.53. The first-order valence-electron chi connectivity index (χ1n) is 4.89. The molecule has 1 aromatic carbocycles. The van der Waals surface area contributed by atoms with Crippen molar-refractivity contribution in [3.8, 4) is 0 Å². The molecule has 0 saturated heterocycles. The van der Waals surface area contributed by atoms with E-state index in [1.54, 1.807) is 17.0 Å². The second kappa shape index (κ2) is 5.73. The van der Waals surface area contributed by atoms with E-state index in [4.69, 9.17) is 17.3 Å². The smallest absolute Gasteiger partial charge is 0.223 e. The van der Waals surface area contributed by atoms with Crippen LogP contribution in [0.1, 0.15) is 13.3 Å². The first-order valence-corrected chi connectivity index (χ1v) is 5.26. The third-order valence-corrected chi connectivity index (χ3v) is 2.32. The second-order valence-electron chi connectivity index (χ2n) is 3.29. The van der Waals surface area contributed by atoms with E-state index in [9.17, 15) is 4.79 Å². The number of nitrogens with zero attached hydrogens (tertiary/aromatic N) is 1. The second-order valence-corrected chi connectivity index (χ2v) is 3.73. The van der Waals surface area contributed by atoms with Crippen LogP contribution in [0.15, 0.2) is 24.3 Å². The third-order valence-electron chi connectivity index (χ3n) is 2.09. The molecule has 0 aliphatic heterocycles. The van der Waals surface area contributed by atoms with Crippen molar-refractivity contribution in [2.75, 3.05) is 18.0 Å². The molecule has 0 aliphatic carbocycles. The average Bonchev–Trinajstić information content (AvgIpc) is 2.18. The molecule has 1 aromatic rings. The molecule has 1 rings (SSSR count). The zero-order chi connectivity index (χ0) is 11.3. The summed E-state index contributed by atoms with van der Waals surface area (Å²) in [5.74, 6) is 0.00529. The molecule has 0 fully saturated rings. The maximum Gasteiger partial charge on any atom is 0.223 e. The summed E-state index contributed by atoms with van der Waals surface area (Å²) in [6, 6.07) is 7.26. The van der Waals surface area contributed by atoms with Gasteiger partial charge in [-0.05, 0) is 31.2 Å². The maximum absolute atomic E-state index is 11.4. The molecule has 3 nitrogen and oxygen atoms in total. The fourth-order valence-corrected chi connectivity index (χ4v) is 1.55. The van der Waals surface area contributed by atoms with E-state index in [0.29, 0.717) is 18.1 Å². The van der Waals surface area contributed by atoms with Crippen LogP contribution < -0.4 is 10.6 Å². The molecule has 15 heavy (non-hydrogen) atoms. The van der Waals surface area contributed by atoms with E-state index in [1.165, 1.54) is 6.92 Å². The lowest BCUT2D eigenvalue weighted by molar-refractivity contribution is -0.116. The Kier molecular flexibility index (Phi) is 4.59. The Labute approximate surface area is 94.8 Å². The zero-order valence-corrected chi connectivity index (χ0v) is 9.50. The summed E-state index contributed by atoms with van der Waals surface area (Å²) in [5, 5.41) is 0.631. The van der Waals surface area contributed by atoms with Crippen molar-refractivity contribution in [3.05, 3.63) is 29.3 Å². The van der Waals surface area contributed by atoms with Gasteiger partial charge in [-0.3, -0.25) is 4.79 Å². The van der Waals surface area contributed by atoms with Crippen LogP contribution in [0.2, 0.25) is 5.02 Å². The van der Waals surface area contributed by atoms with E-state index < -0.39 is 0 Å². The number of benzene rings is 1. The van der Waals surface area contributed by atoms with Gasteiger partial charge in [-0.15, -0.1) is 0 Å². The van der Waals surface area contributed by atoms with Gasteiger partial charge in [0.1, 0.15) is 0 Å². The Balaban J connectivity index is 2.84. The summed E-state index contributed by atoms with van der Waals surface area (Å²) in [4.78, 5) is 13.1. The lowest BCUT2D eigenvalue weighted by Crippen LogP contribution is -2.30. The normalized spacial score (nSPS) is 10.1. The molecule has 2 N–H and O–H groups in total. The predicted molar refractivity (Wildman–Crippen MR) is 63.2 cm³/mol. The molecule has 0 aromatic heterocycles. The summed E-state index contributed by atoms with van der Waals surface area (Å²) in [6.07, 6.45) is 0.784. The quantitative estimate of drug-likeness (QED) is 0.854. The number of carbonyl (C=O) groups is 1. The highest BCUT2D eigenvalue weighted by atomic mass is 35.5. The van der Waals surface area contributed by atoms with Crippen molar-refractivity contribution in [2.24, 2.45) is 5.73 Å². The van der Waals surface area contributed by atoms with Crippen molar-refractivity contribution in [1.82, 2.24) is 0 Å². The highest BCUT2D eigenvalue weighted by Crippen LogP contribution is 2.19. The Bertz CT molecular complexity index is 341. The van der Waals surface area contributed by atoms with Gasteiger partial charge >= 0.3 is 0 Å². The van der Waals surface area contributed by atoms with Crippen molar-refractivity contribution >= 4 is 23.2 Å². The molecule has 0 spiro atoms. The molecular formula is C11H15ClN2O. The number of halogens is 1. The van der Waals surface area contributed by atoms with Crippen LogP contribution in [-0.4, -0.2) is 19.0 Å². The molecule has 82 valence electrons. The van der Waals surface area contributed by atoms with Crippen molar-refractivity contribution < 1.29 is 4.79 Å². The fraction of sp³-hybridized carbons (Fsp3) is 0.364. The highest BCUT2D eigenvalue weighted by Gasteiger charge is 2.10. The molecule has 0 bridgehead atoms. The molecule has 0 heterocycles. The average molecular weight is 227 g/mol. The monoisotopic (exact) mass is 226 g/mol. The standard InChI is InChI=1S/C11H15ClN2O/c1-9(15)14(7-3-6-13)11-5-2-4-10(12)8-11/h2,4-5,8H,3,6-7,13H2,1H3. The minimum atomic E-state index is 0.00529. The lowest BCUT2D eigenvalue weighted by atomic mass is 10.2. The van der Waals surface area contributed by atoms with Crippen LogP contribution in [0.4, 0.5) is 5.69 Å². The van der Waals surface area contributed by atoms with E-state index in [1.807, 2.05) is 12.1 Å². The van der Waals surface area contributed by atoms with E-state index >= 15 is 0 Å². The van der Waals surface area contributed by atoms with E-state index in [-0.39, 0.29) is 5.91 Å². The van der Waals surface area contributed by atoms with Crippen LogP contribution >= 0.6 is 11.6 Å². The molecule has 1 amide bonds. The van der Waals surface area contributed by atoms with Crippen LogP contribution in [0.5, 0.6) is 0 Å². The SMILES string of the molecule is CC(=O)N(CCCN)c1cccc(Cl)c1. The van der Waals surface area contributed by atoms with Gasteiger partial charge in [0, 0.05) is 24.2 Å². The van der Waals surface area contributed by atoms with E-state index in [0.717, 1.165) is 12.1 Å². The molecule has 0 saturated carbocycles. The summed E-state index contributed by atoms with van der Waals surface area (Å²) < 4.78 is 0. The minimum absolute atomic E-state index is 0.00529. The summed E-state index contributed by atoms with van der Waals surface area (Å²) in [7, 11) is 0. The number of hydrogen-bond acceptors (Lipinski definition) is 2. The molecule has 0 aliphatic rings. The summed E-state index contributed by atoms with van der Waals surface area (Å²) in [6.45, 7) is 2.74. The summed E-state index contributed by atoms with van der Waals surface area (Å²) >= 11 is 5.86. The number of anilines is 1. The topological polar surface area (TPSA) is 46.3 Å². The van der Waals surface area contributed by atoms with Crippen molar-refractivity contribution in [3.63, 3.8) is 0 Å². The predicted octanol–water partition coefficient (Wildman–Crippen LogP) is 2.04. The van der Waals surface area contributed by atoms with Gasteiger partial charge in [0.05, 0.1) is 0 Å². The van der Waals surface area contributed by atoms with Gasteiger partial charge in [-0.1, -0.05) is 17.7 Å². The van der Waals surface area contributed by atoms with Crippen LogP contribution in [0, 0.1) is 0 Å². The number of nitrogens with two attached hydrogens (primary N) is 1. The molecular weight excluding hydrogens is 212 g/mol. The van der Waals surface area contributed by atoms with Crippen molar-refractivity contribution in [2.45, 2.75) is 13.3 Å². The zero-order valence-electron chi connectivity index (χ0n) is 8.74. The van der Waals surface area contributed by atoms with Gasteiger partial charge < -0.3 is 10.6 Å².